The van der Waals surface area contributed by atoms with Crippen LogP contribution in [0.2, 0.25) is 0 Å². The zero-order valence-electron chi connectivity index (χ0n) is 15.2. The van der Waals surface area contributed by atoms with Crippen LogP contribution in [-0.2, 0) is 9.59 Å². The molecule has 0 atom stereocenters. The molecule has 0 aliphatic carbocycles. The summed E-state index contributed by atoms with van der Waals surface area (Å²) in [6.07, 6.45) is 3.47. The maximum Gasteiger partial charge on any atom is 0.222 e. The van der Waals surface area contributed by atoms with E-state index in [1.165, 1.54) is 0 Å². The van der Waals surface area contributed by atoms with Crippen molar-refractivity contribution in [1.82, 2.24) is 10.2 Å². The summed E-state index contributed by atoms with van der Waals surface area (Å²) in [5, 5.41) is 3.00. The molecule has 2 amide bonds. The average Bonchev–Trinajstić information content (AvgIpc) is 2.61. The van der Waals surface area contributed by atoms with Gasteiger partial charge in [-0.15, -0.1) is 0 Å². The van der Waals surface area contributed by atoms with Crippen molar-refractivity contribution in [3.8, 4) is 0 Å². The molecule has 0 unspecified atom stereocenters. The Morgan fingerprint density at radius 3 is 2.28 bits per heavy atom. The van der Waals surface area contributed by atoms with Crippen molar-refractivity contribution in [3.05, 3.63) is 35.4 Å². The second kappa shape index (κ2) is 9.35. The highest BCUT2D eigenvalue weighted by molar-refractivity contribution is 5.98. The second-order valence-electron chi connectivity index (χ2n) is 6.76. The van der Waals surface area contributed by atoms with Crippen molar-refractivity contribution in [2.45, 2.75) is 58.4 Å². The first-order valence-corrected chi connectivity index (χ1v) is 9.16. The normalized spacial score (nSPS) is 15.0. The number of Topliss-reactive ketones (excluding diaryl/α,β-unsaturated/α-hetero) is 1. The number of ketones is 1. The Kier molecular flexibility index (Phi) is 7.16. The Morgan fingerprint density at radius 2 is 1.68 bits per heavy atom. The van der Waals surface area contributed by atoms with Gasteiger partial charge in [0, 0.05) is 44.0 Å². The summed E-state index contributed by atoms with van der Waals surface area (Å²) in [6, 6.07) is 7.52. The molecule has 0 spiro atoms. The van der Waals surface area contributed by atoms with E-state index in [4.69, 9.17) is 0 Å². The molecule has 2 rings (SSSR count). The van der Waals surface area contributed by atoms with Crippen LogP contribution in [0.25, 0.3) is 0 Å². The number of nitrogens with zero attached hydrogens (tertiary/aromatic N) is 1. The number of aryl methyl sites for hydroxylation is 1. The molecule has 1 aliphatic rings. The number of carbonyl (C=O) groups excluding carboxylic acids is 3. The average molecular weight is 344 g/mol. The lowest BCUT2D eigenvalue weighted by Gasteiger charge is -2.32. The number of rotatable bonds is 7. The van der Waals surface area contributed by atoms with Gasteiger partial charge in [0.15, 0.2) is 5.78 Å². The van der Waals surface area contributed by atoms with Gasteiger partial charge in [0.05, 0.1) is 0 Å². The van der Waals surface area contributed by atoms with E-state index in [9.17, 15) is 14.4 Å². The fraction of sp³-hybridized carbons (Fsp3) is 0.550. The second-order valence-corrected chi connectivity index (χ2v) is 6.76. The van der Waals surface area contributed by atoms with Crippen molar-refractivity contribution in [3.63, 3.8) is 0 Å². The smallest absolute Gasteiger partial charge is 0.222 e. The van der Waals surface area contributed by atoms with E-state index >= 15 is 0 Å². The van der Waals surface area contributed by atoms with Crippen molar-refractivity contribution in [2.24, 2.45) is 0 Å². The summed E-state index contributed by atoms with van der Waals surface area (Å²) in [6.45, 7) is 5.38. The van der Waals surface area contributed by atoms with Crippen molar-refractivity contribution >= 4 is 17.6 Å². The monoisotopic (exact) mass is 344 g/mol. The SMILES string of the molecule is CCCC(=O)N1CCC(NC(=O)CCC(=O)c2ccc(C)cc2)CC1. The highest BCUT2D eigenvalue weighted by atomic mass is 16.2. The van der Waals surface area contributed by atoms with Crippen molar-refractivity contribution in [2.75, 3.05) is 13.1 Å². The number of nitrogens with one attached hydrogen (secondary N) is 1. The summed E-state index contributed by atoms with van der Waals surface area (Å²) >= 11 is 0. The zero-order valence-corrected chi connectivity index (χ0v) is 15.2. The largest absolute Gasteiger partial charge is 0.353 e. The van der Waals surface area contributed by atoms with Crippen LogP contribution in [0.3, 0.4) is 0 Å². The first-order chi connectivity index (χ1) is 12.0. The van der Waals surface area contributed by atoms with E-state index in [1.54, 1.807) is 12.1 Å². The van der Waals surface area contributed by atoms with Crippen LogP contribution in [0.5, 0.6) is 0 Å². The molecule has 1 aromatic carbocycles. The number of piperidine rings is 1. The third kappa shape index (κ3) is 6.00. The summed E-state index contributed by atoms with van der Waals surface area (Å²) < 4.78 is 0. The topological polar surface area (TPSA) is 66.5 Å². The summed E-state index contributed by atoms with van der Waals surface area (Å²) in [5.74, 6) is 0.116. The predicted molar refractivity (Wildman–Crippen MR) is 97.4 cm³/mol. The fourth-order valence-corrected chi connectivity index (χ4v) is 3.06. The third-order valence-electron chi connectivity index (χ3n) is 4.63. The van der Waals surface area contributed by atoms with Crippen LogP contribution in [0.15, 0.2) is 24.3 Å². The molecule has 5 nitrogen and oxygen atoms in total. The Morgan fingerprint density at radius 1 is 1.04 bits per heavy atom. The van der Waals surface area contributed by atoms with Gasteiger partial charge >= 0.3 is 0 Å². The van der Waals surface area contributed by atoms with Gasteiger partial charge in [-0.3, -0.25) is 14.4 Å². The Bertz CT molecular complexity index is 602. The van der Waals surface area contributed by atoms with E-state index in [2.05, 4.69) is 5.32 Å². The molecule has 0 aromatic heterocycles. The molecule has 25 heavy (non-hydrogen) atoms. The number of likely N-dealkylation sites (tertiary alicyclic amines) is 1. The molecule has 1 saturated heterocycles. The lowest BCUT2D eigenvalue weighted by molar-refractivity contribution is -0.132. The first-order valence-electron chi connectivity index (χ1n) is 9.16. The van der Waals surface area contributed by atoms with Gasteiger partial charge in [-0.05, 0) is 26.2 Å². The van der Waals surface area contributed by atoms with Gasteiger partial charge < -0.3 is 10.2 Å². The van der Waals surface area contributed by atoms with Crippen LogP contribution in [0.4, 0.5) is 0 Å². The first kappa shape index (κ1) is 19.2. The molecule has 1 heterocycles. The van der Waals surface area contributed by atoms with Crippen molar-refractivity contribution in [1.29, 1.82) is 0 Å². The van der Waals surface area contributed by atoms with Gasteiger partial charge in [-0.1, -0.05) is 36.8 Å². The summed E-state index contributed by atoms with van der Waals surface area (Å²) in [5.41, 5.74) is 1.76. The van der Waals surface area contributed by atoms with Gasteiger partial charge in [-0.2, -0.15) is 0 Å². The minimum atomic E-state index is -0.0844. The van der Waals surface area contributed by atoms with Gasteiger partial charge in [0.2, 0.25) is 11.8 Å². The van der Waals surface area contributed by atoms with Crippen LogP contribution >= 0.6 is 0 Å². The minimum absolute atomic E-state index is 0.00451. The third-order valence-corrected chi connectivity index (χ3v) is 4.63. The van der Waals surface area contributed by atoms with Gasteiger partial charge in [0.25, 0.3) is 0 Å². The quantitative estimate of drug-likeness (QED) is 0.774. The van der Waals surface area contributed by atoms with Gasteiger partial charge in [0.1, 0.15) is 0 Å². The zero-order chi connectivity index (χ0) is 18.2. The lowest BCUT2D eigenvalue weighted by Crippen LogP contribution is -2.46. The van der Waals surface area contributed by atoms with E-state index in [0.29, 0.717) is 25.1 Å². The summed E-state index contributed by atoms with van der Waals surface area (Å²) in [4.78, 5) is 37.9. The predicted octanol–water partition coefficient (Wildman–Crippen LogP) is 2.87. The molecule has 1 fully saturated rings. The highest BCUT2D eigenvalue weighted by Gasteiger charge is 2.23. The Balaban J connectivity index is 1.70. The maximum atomic E-state index is 12.1. The standard InChI is InChI=1S/C20H28N2O3/c1-3-4-20(25)22-13-11-17(12-14-22)21-19(24)10-9-18(23)16-7-5-15(2)6-8-16/h5-8,17H,3-4,9-14H2,1-2H3,(H,21,24). The maximum absolute atomic E-state index is 12.1. The molecule has 1 N–H and O–H groups in total. The lowest BCUT2D eigenvalue weighted by atomic mass is 10.0. The number of benzene rings is 1. The fourth-order valence-electron chi connectivity index (χ4n) is 3.06. The van der Waals surface area contributed by atoms with E-state index < -0.39 is 0 Å². The molecule has 1 aliphatic heterocycles. The van der Waals surface area contributed by atoms with E-state index in [1.807, 2.05) is 30.9 Å². The van der Waals surface area contributed by atoms with Crippen molar-refractivity contribution < 1.29 is 14.4 Å². The number of hydrogen-bond acceptors (Lipinski definition) is 3. The van der Waals surface area contributed by atoms with Crippen LogP contribution in [-0.4, -0.2) is 41.6 Å². The Labute approximate surface area is 149 Å². The Hall–Kier alpha value is -2.17. The molecular weight excluding hydrogens is 316 g/mol. The molecule has 5 heteroatoms. The minimum Gasteiger partial charge on any atom is -0.353 e. The molecule has 0 bridgehead atoms. The number of amides is 2. The van der Waals surface area contributed by atoms with E-state index in [-0.39, 0.29) is 36.5 Å². The number of carbonyl (C=O) groups is 3. The van der Waals surface area contributed by atoms with Crippen LogP contribution in [0, 0.1) is 6.92 Å². The van der Waals surface area contributed by atoms with Crippen LogP contribution in [0.1, 0.15) is 61.4 Å². The molecule has 0 saturated carbocycles. The molecule has 1 aromatic rings. The van der Waals surface area contributed by atoms with E-state index in [0.717, 1.165) is 24.8 Å². The number of hydrogen-bond donors (Lipinski definition) is 1. The highest BCUT2D eigenvalue weighted by Crippen LogP contribution is 2.13. The molecular formula is C20H28N2O3. The molecule has 136 valence electrons. The van der Waals surface area contributed by atoms with Crippen LogP contribution < -0.4 is 5.32 Å². The van der Waals surface area contributed by atoms with Gasteiger partial charge in [-0.25, -0.2) is 0 Å². The summed E-state index contributed by atoms with van der Waals surface area (Å²) in [7, 11) is 0. The molecule has 0 radical (unpaired) electrons.